The van der Waals surface area contributed by atoms with Crippen LogP contribution in [0.3, 0.4) is 0 Å². The fourth-order valence-electron chi connectivity index (χ4n) is 3.41. The average molecular weight is 401 g/mol. The van der Waals surface area contributed by atoms with Crippen molar-refractivity contribution in [3.63, 3.8) is 0 Å². The molecular formula is C21H25ClN4O2. The van der Waals surface area contributed by atoms with E-state index in [0.717, 1.165) is 5.56 Å². The molecule has 7 heteroatoms. The van der Waals surface area contributed by atoms with Crippen molar-refractivity contribution >= 4 is 29.2 Å². The van der Waals surface area contributed by atoms with Gasteiger partial charge < -0.3 is 20.9 Å². The normalized spacial score (nSPS) is 17.9. The number of nitrogens with zero attached hydrogens (tertiary/aromatic N) is 2. The van der Waals surface area contributed by atoms with Crippen LogP contribution in [0.5, 0.6) is 0 Å². The molecule has 1 aliphatic rings. The number of rotatable bonds is 4. The summed E-state index contributed by atoms with van der Waals surface area (Å²) in [7, 11) is 0. The van der Waals surface area contributed by atoms with Crippen LogP contribution in [0.25, 0.3) is 0 Å². The smallest absolute Gasteiger partial charge is 0.322 e. The van der Waals surface area contributed by atoms with Gasteiger partial charge in [0.1, 0.15) is 0 Å². The first-order valence-electron chi connectivity index (χ1n) is 9.35. The van der Waals surface area contributed by atoms with Gasteiger partial charge in [-0.25, -0.2) is 4.79 Å². The average Bonchev–Trinajstić information content (AvgIpc) is 2.68. The zero-order valence-corrected chi connectivity index (χ0v) is 16.6. The highest BCUT2D eigenvalue weighted by Gasteiger charge is 2.31. The van der Waals surface area contributed by atoms with Gasteiger partial charge in [-0.05, 0) is 37.1 Å². The summed E-state index contributed by atoms with van der Waals surface area (Å²) in [6, 6.07) is 15.9. The molecular weight excluding hydrogens is 376 g/mol. The highest BCUT2D eigenvalue weighted by molar-refractivity contribution is 6.30. The van der Waals surface area contributed by atoms with E-state index in [1.54, 1.807) is 34.1 Å². The molecule has 0 bridgehead atoms. The van der Waals surface area contributed by atoms with Gasteiger partial charge in [0.2, 0.25) is 5.91 Å². The van der Waals surface area contributed by atoms with E-state index in [9.17, 15) is 9.59 Å². The number of nitrogens with two attached hydrogens (primary N) is 1. The van der Waals surface area contributed by atoms with Gasteiger partial charge in [-0.1, -0.05) is 48.0 Å². The maximum absolute atomic E-state index is 12.7. The molecule has 0 spiro atoms. The molecule has 0 unspecified atom stereocenters. The maximum Gasteiger partial charge on any atom is 0.322 e. The molecule has 0 aliphatic carbocycles. The second kappa shape index (κ2) is 9.08. The van der Waals surface area contributed by atoms with Crippen molar-refractivity contribution in [3.8, 4) is 0 Å². The van der Waals surface area contributed by atoms with Crippen molar-refractivity contribution in [2.75, 3.05) is 25.0 Å². The molecule has 3 amide bonds. The summed E-state index contributed by atoms with van der Waals surface area (Å²) >= 11 is 5.96. The van der Waals surface area contributed by atoms with E-state index in [4.69, 9.17) is 17.3 Å². The molecule has 3 rings (SSSR count). The van der Waals surface area contributed by atoms with Crippen LogP contribution in [-0.4, -0.2) is 53.5 Å². The van der Waals surface area contributed by atoms with E-state index in [1.807, 2.05) is 37.3 Å². The monoisotopic (exact) mass is 400 g/mol. The molecule has 0 saturated carbocycles. The zero-order chi connectivity index (χ0) is 20.1. The third kappa shape index (κ3) is 5.03. The van der Waals surface area contributed by atoms with Gasteiger partial charge in [0.25, 0.3) is 0 Å². The fourth-order valence-corrected chi connectivity index (χ4v) is 3.60. The molecule has 148 valence electrons. The Kier molecular flexibility index (Phi) is 6.54. The number of urea groups is 1. The Bertz CT molecular complexity index is 830. The number of hydrogen-bond acceptors (Lipinski definition) is 3. The first kappa shape index (κ1) is 20.2. The summed E-state index contributed by atoms with van der Waals surface area (Å²) in [5, 5.41) is 3.42. The number of halogens is 1. The van der Waals surface area contributed by atoms with Gasteiger partial charge in [-0.3, -0.25) is 4.79 Å². The topological polar surface area (TPSA) is 78.7 Å². The minimum Gasteiger partial charge on any atom is -0.338 e. The number of carbonyl (C=O) groups excluding carboxylic acids is 2. The molecule has 1 heterocycles. The lowest BCUT2D eigenvalue weighted by Crippen LogP contribution is -2.59. The van der Waals surface area contributed by atoms with Crippen molar-refractivity contribution in [3.05, 3.63) is 65.2 Å². The summed E-state index contributed by atoms with van der Waals surface area (Å²) in [6.45, 7) is 3.32. The van der Waals surface area contributed by atoms with Crippen LogP contribution in [0, 0.1) is 0 Å². The first-order valence-corrected chi connectivity index (χ1v) is 9.73. The molecule has 0 radical (unpaired) electrons. The van der Waals surface area contributed by atoms with Crippen molar-refractivity contribution < 1.29 is 9.59 Å². The van der Waals surface area contributed by atoms with E-state index in [0.29, 0.717) is 36.8 Å². The predicted molar refractivity (Wildman–Crippen MR) is 111 cm³/mol. The number of hydrogen-bond donors (Lipinski definition) is 2. The minimum atomic E-state index is -0.582. The van der Waals surface area contributed by atoms with Crippen LogP contribution < -0.4 is 11.1 Å². The maximum atomic E-state index is 12.7. The zero-order valence-electron chi connectivity index (χ0n) is 15.8. The lowest BCUT2D eigenvalue weighted by molar-refractivity contribution is -0.134. The highest BCUT2D eigenvalue weighted by Crippen LogP contribution is 2.17. The lowest BCUT2D eigenvalue weighted by Gasteiger charge is -2.40. The Morgan fingerprint density at radius 3 is 2.61 bits per heavy atom. The highest BCUT2D eigenvalue weighted by atomic mass is 35.5. The second-order valence-electron chi connectivity index (χ2n) is 7.06. The van der Waals surface area contributed by atoms with Gasteiger partial charge in [0.05, 0.1) is 6.04 Å². The van der Waals surface area contributed by atoms with Crippen LogP contribution >= 0.6 is 11.6 Å². The molecule has 2 aromatic carbocycles. The van der Waals surface area contributed by atoms with Gasteiger partial charge in [-0.2, -0.15) is 0 Å². The largest absolute Gasteiger partial charge is 0.338 e. The Balaban J connectivity index is 1.55. The Labute approximate surface area is 170 Å². The third-order valence-corrected chi connectivity index (χ3v) is 5.13. The van der Waals surface area contributed by atoms with Crippen LogP contribution in [0.4, 0.5) is 10.5 Å². The molecule has 2 atom stereocenters. The molecule has 1 fully saturated rings. The molecule has 1 saturated heterocycles. The van der Waals surface area contributed by atoms with Crippen LogP contribution in [0.15, 0.2) is 54.6 Å². The Hall–Kier alpha value is -2.57. The molecule has 6 nitrogen and oxygen atoms in total. The molecule has 3 N–H and O–H groups in total. The SMILES string of the molecule is C[C@@H]1CN(C(=O)[C@@H](N)Cc2ccccc2)CCN1C(=O)Nc1cccc(Cl)c1. The number of piperazine rings is 1. The molecule has 0 aromatic heterocycles. The van der Waals surface area contributed by atoms with E-state index in [-0.39, 0.29) is 18.0 Å². The first-order chi connectivity index (χ1) is 13.4. The van der Waals surface area contributed by atoms with E-state index in [2.05, 4.69) is 5.32 Å². The van der Waals surface area contributed by atoms with Crippen LogP contribution in [-0.2, 0) is 11.2 Å². The molecule has 28 heavy (non-hydrogen) atoms. The number of amides is 3. The standard InChI is InChI=1S/C21H25ClN4O2/c1-15-14-25(20(27)19(23)12-16-6-3-2-4-7-16)10-11-26(15)21(28)24-18-9-5-8-17(22)13-18/h2-9,13,15,19H,10-12,14,23H2,1H3,(H,24,28)/t15-,19+/m1/s1. The van der Waals surface area contributed by atoms with Crippen molar-refractivity contribution in [2.24, 2.45) is 5.73 Å². The fraction of sp³-hybridized carbons (Fsp3) is 0.333. The summed E-state index contributed by atoms with van der Waals surface area (Å²) < 4.78 is 0. The van der Waals surface area contributed by atoms with Crippen LogP contribution in [0.1, 0.15) is 12.5 Å². The predicted octanol–water partition coefficient (Wildman–Crippen LogP) is 2.97. The van der Waals surface area contributed by atoms with Crippen molar-refractivity contribution in [1.29, 1.82) is 0 Å². The van der Waals surface area contributed by atoms with Gasteiger partial charge in [0.15, 0.2) is 0 Å². The number of nitrogens with one attached hydrogen (secondary N) is 1. The number of anilines is 1. The summed E-state index contributed by atoms with van der Waals surface area (Å²) in [5.74, 6) is -0.0781. The number of carbonyl (C=O) groups is 2. The summed E-state index contributed by atoms with van der Waals surface area (Å²) in [5.41, 5.74) is 7.82. The molecule has 1 aliphatic heterocycles. The third-order valence-electron chi connectivity index (χ3n) is 4.89. The lowest BCUT2D eigenvalue weighted by atomic mass is 10.0. The summed E-state index contributed by atoms with van der Waals surface area (Å²) in [6.07, 6.45) is 0.503. The van der Waals surface area contributed by atoms with Gasteiger partial charge in [0, 0.05) is 36.4 Å². The van der Waals surface area contributed by atoms with Gasteiger partial charge in [-0.15, -0.1) is 0 Å². The second-order valence-corrected chi connectivity index (χ2v) is 7.50. The van der Waals surface area contributed by atoms with Crippen molar-refractivity contribution in [2.45, 2.75) is 25.4 Å². The molecule has 2 aromatic rings. The van der Waals surface area contributed by atoms with Gasteiger partial charge >= 0.3 is 6.03 Å². The van der Waals surface area contributed by atoms with E-state index < -0.39 is 6.04 Å². The Morgan fingerprint density at radius 1 is 1.18 bits per heavy atom. The minimum absolute atomic E-state index is 0.0781. The number of benzene rings is 2. The summed E-state index contributed by atoms with van der Waals surface area (Å²) in [4.78, 5) is 28.8. The van der Waals surface area contributed by atoms with Crippen LogP contribution in [0.2, 0.25) is 5.02 Å². The van der Waals surface area contributed by atoms with E-state index in [1.165, 1.54) is 0 Å². The quantitative estimate of drug-likeness (QED) is 0.828. The Morgan fingerprint density at radius 2 is 1.93 bits per heavy atom. The van der Waals surface area contributed by atoms with E-state index >= 15 is 0 Å². The van der Waals surface area contributed by atoms with Crippen molar-refractivity contribution in [1.82, 2.24) is 9.80 Å².